The monoisotopic (exact) mass is 290 g/mol. The van der Waals surface area contributed by atoms with Crippen molar-refractivity contribution in [2.45, 2.75) is 83.6 Å². The van der Waals surface area contributed by atoms with E-state index in [4.69, 9.17) is 0 Å². The van der Waals surface area contributed by atoms with E-state index in [1.165, 1.54) is 69.8 Å². The molecule has 0 saturated carbocycles. The first-order chi connectivity index (χ1) is 10.4. The van der Waals surface area contributed by atoms with E-state index in [1.807, 2.05) is 18.5 Å². The van der Waals surface area contributed by atoms with E-state index in [0.717, 1.165) is 6.42 Å². The number of likely N-dealkylation sites (N-methyl/N-ethyl adjacent to an activating group) is 1. The van der Waals surface area contributed by atoms with Crippen LogP contribution in [0.5, 0.6) is 0 Å². The van der Waals surface area contributed by atoms with Gasteiger partial charge in [-0.05, 0) is 31.5 Å². The van der Waals surface area contributed by atoms with Gasteiger partial charge in [-0.2, -0.15) is 0 Å². The number of pyridine rings is 1. The van der Waals surface area contributed by atoms with E-state index in [0.29, 0.717) is 6.04 Å². The van der Waals surface area contributed by atoms with Crippen LogP contribution in [0.3, 0.4) is 0 Å². The van der Waals surface area contributed by atoms with Gasteiger partial charge >= 0.3 is 0 Å². The lowest BCUT2D eigenvalue weighted by atomic mass is 10.0. The van der Waals surface area contributed by atoms with Crippen LogP contribution in [0, 0.1) is 0 Å². The molecule has 120 valence electrons. The predicted molar refractivity (Wildman–Crippen MR) is 92.6 cm³/mol. The Labute approximate surface area is 131 Å². The molecule has 1 N–H and O–H groups in total. The fraction of sp³-hybridized carbons (Fsp3) is 0.737. The minimum Gasteiger partial charge on any atom is -0.317 e. The van der Waals surface area contributed by atoms with E-state index in [1.54, 1.807) is 0 Å². The van der Waals surface area contributed by atoms with E-state index < -0.39 is 0 Å². The van der Waals surface area contributed by atoms with Crippen molar-refractivity contribution in [3.8, 4) is 0 Å². The summed E-state index contributed by atoms with van der Waals surface area (Å²) in [6.45, 7) is 2.28. The Bertz CT molecular complexity index is 324. The van der Waals surface area contributed by atoms with Gasteiger partial charge in [-0.15, -0.1) is 0 Å². The summed E-state index contributed by atoms with van der Waals surface area (Å²) in [5, 5.41) is 3.45. The average Bonchev–Trinajstić information content (AvgIpc) is 2.53. The molecule has 1 atom stereocenters. The van der Waals surface area contributed by atoms with Gasteiger partial charge in [0.05, 0.1) is 0 Å². The Morgan fingerprint density at radius 3 is 2.24 bits per heavy atom. The van der Waals surface area contributed by atoms with Crippen LogP contribution < -0.4 is 5.32 Å². The molecule has 0 aromatic carbocycles. The molecule has 0 bridgehead atoms. The molecule has 0 aliphatic rings. The maximum Gasteiger partial charge on any atom is 0.0300 e. The lowest BCUT2D eigenvalue weighted by molar-refractivity contribution is 0.476. The maximum absolute atomic E-state index is 4.20. The average molecular weight is 290 g/mol. The molecule has 21 heavy (non-hydrogen) atoms. The van der Waals surface area contributed by atoms with Crippen LogP contribution in [0.2, 0.25) is 0 Å². The molecule has 1 unspecified atom stereocenters. The Balaban J connectivity index is 2.00. The Hall–Kier alpha value is -0.890. The third kappa shape index (κ3) is 9.62. The number of nitrogens with zero attached hydrogens (tertiary/aromatic N) is 1. The van der Waals surface area contributed by atoms with Crippen molar-refractivity contribution < 1.29 is 0 Å². The molecule has 1 aromatic heterocycles. The van der Waals surface area contributed by atoms with Crippen molar-refractivity contribution >= 4 is 0 Å². The summed E-state index contributed by atoms with van der Waals surface area (Å²) in [4.78, 5) is 4.20. The standard InChI is InChI=1S/C19H34N2/c1-3-4-5-6-7-8-9-10-11-14-19(20-2)16-18-13-12-15-21-17-18/h12-13,15,17,19-20H,3-11,14,16H2,1-2H3. The van der Waals surface area contributed by atoms with Gasteiger partial charge in [-0.1, -0.05) is 70.8 Å². The third-order valence-electron chi connectivity index (χ3n) is 4.27. The number of unbranched alkanes of at least 4 members (excludes halogenated alkanes) is 8. The van der Waals surface area contributed by atoms with Gasteiger partial charge in [0.1, 0.15) is 0 Å². The molecule has 2 heteroatoms. The number of nitrogens with one attached hydrogen (secondary N) is 1. The summed E-state index contributed by atoms with van der Waals surface area (Å²) >= 11 is 0. The molecule has 1 aromatic rings. The zero-order valence-electron chi connectivity index (χ0n) is 14.1. The molecule has 0 amide bonds. The highest BCUT2D eigenvalue weighted by Gasteiger charge is 2.06. The lowest BCUT2D eigenvalue weighted by Gasteiger charge is -2.15. The highest BCUT2D eigenvalue weighted by Crippen LogP contribution is 2.13. The Kier molecular flexibility index (Phi) is 11.1. The molecule has 0 radical (unpaired) electrons. The first-order valence-electron chi connectivity index (χ1n) is 8.93. The third-order valence-corrected chi connectivity index (χ3v) is 4.27. The highest BCUT2D eigenvalue weighted by atomic mass is 14.9. The summed E-state index contributed by atoms with van der Waals surface area (Å²) in [6.07, 6.45) is 18.9. The zero-order valence-corrected chi connectivity index (χ0v) is 14.1. The van der Waals surface area contributed by atoms with Crippen LogP contribution in [0.25, 0.3) is 0 Å². The second-order valence-corrected chi connectivity index (χ2v) is 6.17. The summed E-state index contributed by atoms with van der Waals surface area (Å²) in [6, 6.07) is 4.80. The minimum atomic E-state index is 0.596. The quantitative estimate of drug-likeness (QED) is 0.509. The SMILES string of the molecule is CCCCCCCCCCCC(Cc1cccnc1)NC. The van der Waals surface area contributed by atoms with Crippen LogP contribution in [0.15, 0.2) is 24.5 Å². The van der Waals surface area contributed by atoms with Crippen molar-refractivity contribution in [2.75, 3.05) is 7.05 Å². The summed E-state index contributed by atoms with van der Waals surface area (Å²) < 4.78 is 0. The van der Waals surface area contributed by atoms with Crippen LogP contribution in [0.1, 0.15) is 76.7 Å². The first-order valence-corrected chi connectivity index (χ1v) is 8.93. The maximum atomic E-state index is 4.20. The first kappa shape index (κ1) is 18.2. The van der Waals surface area contributed by atoms with Crippen molar-refractivity contribution in [2.24, 2.45) is 0 Å². The molecule has 1 rings (SSSR count). The smallest absolute Gasteiger partial charge is 0.0300 e. The predicted octanol–water partition coefficient (Wildman–Crippen LogP) is 5.13. The van der Waals surface area contributed by atoms with Crippen molar-refractivity contribution in [3.63, 3.8) is 0 Å². The molecular weight excluding hydrogens is 256 g/mol. The summed E-state index contributed by atoms with van der Waals surface area (Å²) in [7, 11) is 2.08. The van der Waals surface area contributed by atoms with Gasteiger partial charge in [0.15, 0.2) is 0 Å². The molecule has 2 nitrogen and oxygen atoms in total. The van der Waals surface area contributed by atoms with Crippen LogP contribution in [-0.4, -0.2) is 18.1 Å². The van der Waals surface area contributed by atoms with Crippen LogP contribution >= 0.6 is 0 Å². The molecule has 0 spiro atoms. The number of rotatable bonds is 13. The van der Waals surface area contributed by atoms with Gasteiger partial charge < -0.3 is 5.32 Å². The number of hydrogen-bond donors (Lipinski definition) is 1. The molecule has 0 aliphatic heterocycles. The summed E-state index contributed by atoms with van der Waals surface area (Å²) in [5.74, 6) is 0. The summed E-state index contributed by atoms with van der Waals surface area (Å²) in [5.41, 5.74) is 1.34. The van der Waals surface area contributed by atoms with Gasteiger partial charge in [0.25, 0.3) is 0 Å². The fourth-order valence-corrected chi connectivity index (χ4v) is 2.85. The van der Waals surface area contributed by atoms with E-state index in [2.05, 4.69) is 30.3 Å². The van der Waals surface area contributed by atoms with Gasteiger partial charge in [-0.25, -0.2) is 0 Å². The normalized spacial score (nSPS) is 12.5. The fourth-order valence-electron chi connectivity index (χ4n) is 2.85. The topological polar surface area (TPSA) is 24.9 Å². The lowest BCUT2D eigenvalue weighted by Crippen LogP contribution is -2.27. The molecular formula is C19H34N2. The van der Waals surface area contributed by atoms with Crippen molar-refractivity contribution in [1.29, 1.82) is 0 Å². The van der Waals surface area contributed by atoms with Gasteiger partial charge in [0.2, 0.25) is 0 Å². The highest BCUT2D eigenvalue weighted by molar-refractivity contribution is 5.10. The van der Waals surface area contributed by atoms with E-state index >= 15 is 0 Å². The number of hydrogen-bond acceptors (Lipinski definition) is 2. The van der Waals surface area contributed by atoms with Crippen LogP contribution in [0.4, 0.5) is 0 Å². The van der Waals surface area contributed by atoms with Crippen LogP contribution in [-0.2, 0) is 6.42 Å². The van der Waals surface area contributed by atoms with E-state index in [9.17, 15) is 0 Å². The minimum absolute atomic E-state index is 0.596. The second kappa shape index (κ2) is 12.8. The second-order valence-electron chi connectivity index (χ2n) is 6.17. The molecule has 0 saturated heterocycles. The van der Waals surface area contributed by atoms with Crippen molar-refractivity contribution in [3.05, 3.63) is 30.1 Å². The molecule has 0 fully saturated rings. The Morgan fingerprint density at radius 1 is 1.00 bits per heavy atom. The molecule has 0 aliphatic carbocycles. The van der Waals surface area contributed by atoms with E-state index in [-0.39, 0.29) is 0 Å². The van der Waals surface area contributed by atoms with Gasteiger partial charge in [-0.3, -0.25) is 4.98 Å². The largest absolute Gasteiger partial charge is 0.317 e. The van der Waals surface area contributed by atoms with Crippen molar-refractivity contribution in [1.82, 2.24) is 10.3 Å². The Morgan fingerprint density at radius 2 is 1.67 bits per heavy atom. The zero-order chi connectivity index (χ0) is 15.2. The molecule has 1 heterocycles. The van der Waals surface area contributed by atoms with Gasteiger partial charge in [0, 0.05) is 18.4 Å². The number of aromatic nitrogens is 1.